The van der Waals surface area contributed by atoms with E-state index >= 15 is 0 Å². The highest BCUT2D eigenvalue weighted by Gasteiger charge is 2.20. The van der Waals surface area contributed by atoms with Crippen LogP contribution in [0.15, 0.2) is 53.7 Å². The molecule has 0 aliphatic heterocycles. The van der Waals surface area contributed by atoms with Crippen LogP contribution in [-0.4, -0.2) is 32.3 Å². The lowest BCUT2D eigenvalue weighted by molar-refractivity contribution is -0.113. The zero-order chi connectivity index (χ0) is 23.1. The molecule has 0 radical (unpaired) electrons. The predicted octanol–water partition coefficient (Wildman–Crippen LogP) is 4.39. The van der Waals surface area contributed by atoms with E-state index in [2.05, 4.69) is 27.8 Å². The van der Waals surface area contributed by atoms with Crippen molar-refractivity contribution in [2.24, 2.45) is 0 Å². The minimum atomic E-state index is -0.325. The number of rotatable bonds is 9. The summed E-state index contributed by atoms with van der Waals surface area (Å²) in [6.45, 7) is 8.48. The van der Waals surface area contributed by atoms with Crippen molar-refractivity contribution in [2.75, 3.05) is 11.1 Å². The predicted molar refractivity (Wildman–Crippen MR) is 128 cm³/mol. The van der Waals surface area contributed by atoms with Crippen LogP contribution in [0.1, 0.15) is 54.1 Å². The van der Waals surface area contributed by atoms with E-state index in [1.807, 2.05) is 67.8 Å². The van der Waals surface area contributed by atoms with Gasteiger partial charge in [-0.1, -0.05) is 55.1 Å². The molecule has 2 amide bonds. The third kappa shape index (κ3) is 5.56. The Labute approximate surface area is 193 Å². The number of amides is 2. The Bertz CT molecular complexity index is 1100. The van der Waals surface area contributed by atoms with E-state index in [0.717, 1.165) is 23.2 Å². The molecule has 1 heterocycles. The summed E-state index contributed by atoms with van der Waals surface area (Å²) in [6, 6.07) is 14.9. The maximum Gasteiger partial charge on any atom is 0.252 e. The summed E-state index contributed by atoms with van der Waals surface area (Å²) >= 11 is 1.33. The van der Waals surface area contributed by atoms with Gasteiger partial charge in [0.05, 0.1) is 11.8 Å². The van der Waals surface area contributed by atoms with Gasteiger partial charge in [0.2, 0.25) is 5.91 Å². The van der Waals surface area contributed by atoms with Crippen molar-refractivity contribution in [3.05, 3.63) is 71.0 Å². The molecule has 0 aliphatic carbocycles. The molecule has 2 N–H and O–H groups in total. The fourth-order valence-electron chi connectivity index (χ4n) is 3.46. The Hall–Kier alpha value is -3.13. The molecular formula is C24H29N5O2S. The van der Waals surface area contributed by atoms with E-state index in [-0.39, 0.29) is 23.6 Å². The second-order valence-corrected chi connectivity index (χ2v) is 8.39. The summed E-state index contributed by atoms with van der Waals surface area (Å²) < 4.78 is 1.93. The molecule has 168 valence electrons. The third-order valence-electron chi connectivity index (χ3n) is 5.19. The zero-order valence-electron chi connectivity index (χ0n) is 18.9. The molecular weight excluding hydrogens is 422 g/mol. The Kier molecular flexibility index (Phi) is 8.05. The Morgan fingerprint density at radius 3 is 2.50 bits per heavy atom. The van der Waals surface area contributed by atoms with Crippen LogP contribution in [-0.2, 0) is 17.8 Å². The fourth-order valence-corrected chi connectivity index (χ4v) is 4.27. The summed E-state index contributed by atoms with van der Waals surface area (Å²) in [5, 5.41) is 15.2. The quantitative estimate of drug-likeness (QED) is 0.471. The monoisotopic (exact) mass is 451 g/mol. The average molecular weight is 452 g/mol. The molecule has 8 heteroatoms. The molecule has 32 heavy (non-hydrogen) atoms. The van der Waals surface area contributed by atoms with Gasteiger partial charge in [-0.3, -0.25) is 9.59 Å². The largest absolute Gasteiger partial charge is 0.342 e. The molecule has 0 saturated heterocycles. The normalized spacial score (nSPS) is 11.8. The van der Waals surface area contributed by atoms with Crippen LogP contribution in [0.3, 0.4) is 0 Å². The number of anilines is 1. The van der Waals surface area contributed by atoms with Gasteiger partial charge in [-0.05, 0) is 50.5 Å². The highest BCUT2D eigenvalue weighted by atomic mass is 32.2. The van der Waals surface area contributed by atoms with Crippen molar-refractivity contribution in [2.45, 2.75) is 51.9 Å². The molecule has 1 aromatic heterocycles. The minimum absolute atomic E-state index is 0.0935. The molecule has 0 fully saturated rings. The van der Waals surface area contributed by atoms with Crippen molar-refractivity contribution in [1.29, 1.82) is 0 Å². The standard InChI is InChI=1S/C24H29N5O2S/c1-5-18-12-8-10-14-20(18)26-21(30)15-32-24-28-27-22(29(24)6-2)17(4)25-23(31)19-13-9-7-11-16(19)3/h7-14,17H,5-6,15H2,1-4H3,(H,25,31)(H,26,30)/t17-/m1/s1. The Morgan fingerprint density at radius 2 is 1.78 bits per heavy atom. The van der Waals surface area contributed by atoms with Crippen molar-refractivity contribution < 1.29 is 9.59 Å². The topological polar surface area (TPSA) is 88.9 Å². The number of para-hydroxylation sites is 1. The fraction of sp³-hybridized carbons (Fsp3) is 0.333. The number of hydrogen-bond donors (Lipinski definition) is 2. The molecule has 1 atom stereocenters. The summed E-state index contributed by atoms with van der Waals surface area (Å²) in [7, 11) is 0. The van der Waals surface area contributed by atoms with E-state index in [4.69, 9.17) is 0 Å². The van der Waals surface area contributed by atoms with Crippen molar-refractivity contribution in [3.63, 3.8) is 0 Å². The van der Waals surface area contributed by atoms with Gasteiger partial charge in [0.15, 0.2) is 11.0 Å². The summed E-state index contributed by atoms with van der Waals surface area (Å²) in [6.07, 6.45) is 0.850. The van der Waals surface area contributed by atoms with Crippen LogP contribution in [0.25, 0.3) is 0 Å². The number of aromatic nitrogens is 3. The van der Waals surface area contributed by atoms with Gasteiger partial charge in [0, 0.05) is 17.8 Å². The van der Waals surface area contributed by atoms with Crippen LogP contribution in [0.5, 0.6) is 0 Å². The summed E-state index contributed by atoms with van der Waals surface area (Å²) in [5.41, 5.74) is 3.50. The molecule has 3 rings (SSSR count). The van der Waals surface area contributed by atoms with Crippen LogP contribution in [0, 0.1) is 6.92 Å². The minimum Gasteiger partial charge on any atom is -0.342 e. The molecule has 3 aromatic rings. The van der Waals surface area contributed by atoms with Gasteiger partial charge in [0.1, 0.15) is 0 Å². The molecule has 7 nitrogen and oxygen atoms in total. The average Bonchev–Trinajstić information content (AvgIpc) is 3.21. The van der Waals surface area contributed by atoms with Gasteiger partial charge in [-0.25, -0.2) is 0 Å². The van der Waals surface area contributed by atoms with Crippen LogP contribution < -0.4 is 10.6 Å². The number of carbonyl (C=O) groups excluding carboxylic acids is 2. The first-order chi connectivity index (χ1) is 15.4. The lowest BCUT2D eigenvalue weighted by atomic mass is 10.1. The number of nitrogens with zero attached hydrogens (tertiary/aromatic N) is 3. The highest BCUT2D eigenvalue weighted by molar-refractivity contribution is 7.99. The first-order valence-electron chi connectivity index (χ1n) is 10.7. The maximum atomic E-state index is 12.7. The number of thioether (sulfide) groups is 1. The summed E-state index contributed by atoms with van der Waals surface area (Å²) in [4.78, 5) is 25.2. The molecule has 0 bridgehead atoms. The number of benzene rings is 2. The number of nitrogens with one attached hydrogen (secondary N) is 2. The van der Waals surface area contributed by atoms with Crippen LogP contribution in [0.4, 0.5) is 5.69 Å². The maximum absolute atomic E-state index is 12.7. The number of aryl methyl sites for hydroxylation is 2. The van der Waals surface area contributed by atoms with E-state index in [0.29, 0.717) is 23.1 Å². The van der Waals surface area contributed by atoms with E-state index in [1.165, 1.54) is 11.8 Å². The Balaban J connectivity index is 1.64. The van der Waals surface area contributed by atoms with Crippen LogP contribution in [0.2, 0.25) is 0 Å². The molecule has 0 unspecified atom stereocenters. The SMILES string of the molecule is CCc1ccccc1NC(=O)CSc1nnc([C@@H](C)NC(=O)c2ccccc2C)n1CC. The zero-order valence-corrected chi connectivity index (χ0v) is 19.7. The third-order valence-corrected chi connectivity index (χ3v) is 6.16. The van der Waals surface area contributed by atoms with Gasteiger partial charge in [-0.15, -0.1) is 10.2 Å². The smallest absolute Gasteiger partial charge is 0.252 e. The van der Waals surface area contributed by atoms with Gasteiger partial charge >= 0.3 is 0 Å². The van der Waals surface area contributed by atoms with Gasteiger partial charge in [0.25, 0.3) is 5.91 Å². The van der Waals surface area contributed by atoms with E-state index < -0.39 is 0 Å². The van der Waals surface area contributed by atoms with Gasteiger partial charge in [-0.2, -0.15) is 0 Å². The first-order valence-corrected chi connectivity index (χ1v) is 11.7. The second kappa shape index (κ2) is 10.9. The lowest BCUT2D eigenvalue weighted by Crippen LogP contribution is -2.29. The van der Waals surface area contributed by atoms with E-state index in [1.54, 1.807) is 6.07 Å². The summed E-state index contributed by atoms with van der Waals surface area (Å²) in [5.74, 6) is 0.641. The number of hydrogen-bond acceptors (Lipinski definition) is 5. The van der Waals surface area contributed by atoms with Crippen molar-refractivity contribution in [3.8, 4) is 0 Å². The molecule has 0 aliphatic rings. The molecule has 0 spiro atoms. The first kappa shape index (κ1) is 23.5. The van der Waals surface area contributed by atoms with Gasteiger partial charge < -0.3 is 15.2 Å². The molecule has 2 aromatic carbocycles. The van der Waals surface area contributed by atoms with Crippen molar-refractivity contribution >= 4 is 29.3 Å². The van der Waals surface area contributed by atoms with Crippen LogP contribution >= 0.6 is 11.8 Å². The second-order valence-electron chi connectivity index (χ2n) is 7.44. The van der Waals surface area contributed by atoms with E-state index in [9.17, 15) is 9.59 Å². The van der Waals surface area contributed by atoms with Crippen molar-refractivity contribution in [1.82, 2.24) is 20.1 Å². The highest BCUT2D eigenvalue weighted by Crippen LogP contribution is 2.22. The number of carbonyl (C=O) groups is 2. The molecule has 0 saturated carbocycles. The Morgan fingerprint density at radius 1 is 1.06 bits per heavy atom. The lowest BCUT2D eigenvalue weighted by Gasteiger charge is -2.16.